The zero-order valence-electron chi connectivity index (χ0n) is 9.98. The van der Waals surface area contributed by atoms with E-state index in [1.165, 1.54) is 5.57 Å². The van der Waals surface area contributed by atoms with Crippen LogP contribution in [0.15, 0.2) is 30.0 Å². The van der Waals surface area contributed by atoms with Gasteiger partial charge in [0.05, 0.1) is 0 Å². The fraction of sp³-hybridized carbons (Fsp3) is 0.462. The maximum atomic E-state index is 5.80. The number of pyridine rings is 1. The number of nitrogens with zero attached hydrogens (tertiary/aromatic N) is 2. The van der Waals surface area contributed by atoms with Crippen LogP contribution in [0.1, 0.15) is 31.9 Å². The zero-order chi connectivity index (χ0) is 11.5. The lowest BCUT2D eigenvalue weighted by atomic mass is 10.1. The van der Waals surface area contributed by atoms with Crippen LogP contribution in [-0.4, -0.2) is 18.1 Å². The molecule has 0 amide bonds. The second-order valence-electron chi connectivity index (χ2n) is 4.50. The van der Waals surface area contributed by atoms with E-state index in [9.17, 15) is 0 Å². The number of rotatable bonds is 2. The average molecular weight is 217 g/mol. The van der Waals surface area contributed by atoms with Gasteiger partial charge in [-0.2, -0.15) is 0 Å². The highest BCUT2D eigenvalue weighted by Gasteiger charge is 2.11. The van der Waals surface area contributed by atoms with Gasteiger partial charge in [-0.15, -0.1) is 0 Å². The van der Waals surface area contributed by atoms with Crippen LogP contribution in [0, 0.1) is 0 Å². The maximum absolute atomic E-state index is 5.80. The van der Waals surface area contributed by atoms with Crippen LogP contribution in [0.4, 0.5) is 5.82 Å². The summed E-state index contributed by atoms with van der Waals surface area (Å²) in [6.07, 6.45) is 5.29. The van der Waals surface area contributed by atoms with Crippen LogP contribution in [-0.2, 0) is 0 Å². The minimum absolute atomic E-state index is 0.0598. The third kappa shape index (κ3) is 2.42. The van der Waals surface area contributed by atoms with Crippen LogP contribution in [0.2, 0.25) is 0 Å². The first-order valence-electron chi connectivity index (χ1n) is 5.79. The monoisotopic (exact) mass is 217 g/mol. The van der Waals surface area contributed by atoms with Gasteiger partial charge in [0.15, 0.2) is 0 Å². The molecule has 1 aliphatic heterocycles. The summed E-state index contributed by atoms with van der Waals surface area (Å²) in [5.74, 6) is 1.05. The lowest BCUT2D eigenvalue weighted by Crippen LogP contribution is -2.29. The summed E-state index contributed by atoms with van der Waals surface area (Å²) in [5, 5.41) is 0. The molecule has 2 N–H and O–H groups in total. The molecular weight excluding hydrogens is 198 g/mol. The summed E-state index contributed by atoms with van der Waals surface area (Å²) in [7, 11) is 0. The quantitative estimate of drug-likeness (QED) is 0.773. The molecule has 2 heterocycles. The second kappa shape index (κ2) is 4.66. The molecule has 0 unspecified atom stereocenters. The highest BCUT2D eigenvalue weighted by Crippen LogP contribution is 2.18. The van der Waals surface area contributed by atoms with Gasteiger partial charge in [-0.3, -0.25) is 0 Å². The van der Waals surface area contributed by atoms with Crippen molar-refractivity contribution < 1.29 is 0 Å². The Balaban J connectivity index is 2.13. The van der Waals surface area contributed by atoms with Gasteiger partial charge in [-0.1, -0.05) is 17.7 Å². The van der Waals surface area contributed by atoms with Crippen LogP contribution in [0.25, 0.3) is 0 Å². The minimum Gasteiger partial charge on any atom is -0.352 e. The van der Waals surface area contributed by atoms with Crippen LogP contribution < -0.4 is 10.6 Å². The normalized spacial score (nSPS) is 18.2. The van der Waals surface area contributed by atoms with E-state index >= 15 is 0 Å². The molecule has 3 nitrogen and oxygen atoms in total. The molecule has 86 valence electrons. The molecule has 0 spiro atoms. The Labute approximate surface area is 97.0 Å². The summed E-state index contributed by atoms with van der Waals surface area (Å²) in [6, 6.07) is 4.20. The molecule has 16 heavy (non-hydrogen) atoms. The molecule has 0 saturated heterocycles. The number of anilines is 1. The Morgan fingerprint density at radius 3 is 2.81 bits per heavy atom. The van der Waals surface area contributed by atoms with E-state index in [0.29, 0.717) is 0 Å². The molecule has 0 saturated carbocycles. The van der Waals surface area contributed by atoms with Gasteiger partial charge in [-0.05, 0) is 31.9 Å². The van der Waals surface area contributed by atoms with Crippen molar-refractivity contribution in [3.05, 3.63) is 35.5 Å². The molecule has 1 aromatic rings. The van der Waals surface area contributed by atoms with Gasteiger partial charge < -0.3 is 10.6 Å². The van der Waals surface area contributed by atoms with Crippen molar-refractivity contribution in [1.82, 2.24) is 4.98 Å². The van der Waals surface area contributed by atoms with Crippen LogP contribution in [0.3, 0.4) is 0 Å². The summed E-state index contributed by atoms with van der Waals surface area (Å²) in [4.78, 5) is 6.78. The Hall–Kier alpha value is -1.35. The van der Waals surface area contributed by atoms with Gasteiger partial charge >= 0.3 is 0 Å². The van der Waals surface area contributed by atoms with Gasteiger partial charge in [-0.25, -0.2) is 4.98 Å². The minimum atomic E-state index is 0.0598. The lowest BCUT2D eigenvalue weighted by Gasteiger charge is -2.27. The molecular formula is C13H19N3. The highest BCUT2D eigenvalue weighted by molar-refractivity contribution is 5.42. The first kappa shape index (κ1) is 11.1. The fourth-order valence-electron chi connectivity index (χ4n) is 1.96. The predicted molar refractivity (Wildman–Crippen MR) is 67.4 cm³/mol. The molecule has 0 aliphatic carbocycles. The smallest absolute Gasteiger partial charge is 0.128 e. The third-order valence-corrected chi connectivity index (χ3v) is 2.95. The van der Waals surface area contributed by atoms with E-state index in [1.54, 1.807) is 0 Å². The Bertz CT molecular complexity index is 379. The number of hydrogen-bond donors (Lipinski definition) is 1. The van der Waals surface area contributed by atoms with Crippen LogP contribution in [0.5, 0.6) is 0 Å². The Morgan fingerprint density at radius 1 is 1.44 bits per heavy atom. The lowest BCUT2D eigenvalue weighted by molar-refractivity contribution is 0.770. The topological polar surface area (TPSA) is 42.1 Å². The molecule has 1 atom stereocenters. The van der Waals surface area contributed by atoms with Crippen molar-refractivity contribution in [3.63, 3.8) is 0 Å². The predicted octanol–water partition coefficient (Wildman–Crippen LogP) is 2.26. The number of nitrogens with two attached hydrogens (primary N) is 1. The maximum Gasteiger partial charge on any atom is 0.128 e. The molecule has 0 bridgehead atoms. The zero-order valence-corrected chi connectivity index (χ0v) is 9.98. The Morgan fingerprint density at radius 2 is 2.25 bits per heavy atom. The van der Waals surface area contributed by atoms with Crippen molar-refractivity contribution in [2.24, 2.45) is 5.73 Å². The summed E-state index contributed by atoms with van der Waals surface area (Å²) in [5.41, 5.74) is 8.31. The first-order valence-corrected chi connectivity index (χ1v) is 5.79. The Kier molecular flexibility index (Phi) is 3.25. The molecule has 3 heteroatoms. The van der Waals surface area contributed by atoms with Gasteiger partial charge in [0, 0.05) is 25.3 Å². The third-order valence-electron chi connectivity index (χ3n) is 2.95. The van der Waals surface area contributed by atoms with Gasteiger partial charge in [0.2, 0.25) is 0 Å². The van der Waals surface area contributed by atoms with Crippen LogP contribution >= 0.6 is 0 Å². The van der Waals surface area contributed by atoms with E-state index < -0.39 is 0 Å². The van der Waals surface area contributed by atoms with Gasteiger partial charge in [0.1, 0.15) is 5.82 Å². The van der Waals surface area contributed by atoms with E-state index in [-0.39, 0.29) is 6.04 Å². The van der Waals surface area contributed by atoms with Crippen molar-refractivity contribution in [3.8, 4) is 0 Å². The second-order valence-corrected chi connectivity index (χ2v) is 4.50. The summed E-state index contributed by atoms with van der Waals surface area (Å²) < 4.78 is 0. The largest absolute Gasteiger partial charge is 0.352 e. The average Bonchev–Trinajstić information content (AvgIpc) is 2.29. The molecule has 0 radical (unpaired) electrons. The number of hydrogen-bond acceptors (Lipinski definition) is 3. The van der Waals surface area contributed by atoms with Crippen molar-refractivity contribution in [2.45, 2.75) is 26.3 Å². The molecule has 1 aromatic heterocycles. The molecule has 0 fully saturated rings. The van der Waals surface area contributed by atoms with E-state index in [4.69, 9.17) is 5.73 Å². The standard InChI is InChI=1S/C13H19N3/c1-10-4-3-7-16(9-10)13-6-5-12(8-15-13)11(2)14/h4-6,8,11H,3,7,9,14H2,1-2H3/t11-/m1/s1. The first-order chi connectivity index (χ1) is 7.66. The fourth-order valence-corrected chi connectivity index (χ4v) is 1.96. The van der Waals surface area contributed by atoms with Crippen molar-refractivity contribution in [1.29, 1.82) is 0 Å². The molecule has 1 aliphatic rings. The van der Waals surface area contributed by atoms with E-state index in [0.717, 1.165) is 30.9 Å². The summed E-state index contributed by atoms with van der Waals surface area (Å²) in [6.45, 7) is 6.19. The summed E-state index contributed by atoms with van der Waals surface area (Å²) >= 11 is 0. The van der Waals surface area contributed by atoms with Gasteiger partial charge in [0.25, 0.3) is 0 Å². The van der Waals surface area contributed by atoms with Crippen molar-refractivity contribution in [2.75, 3.05) is 18.0 Å². The molecule has 0 aromatic carbocycles. The SMILES string of the molecule is CC1=CCCN(c2ccc([C@@H](C)N)cn2)C1. The van der Waals surface area contributed by atoms with E-state index in [2.05, 4.69) is 35.0 Å². The van der Waals surface area contributed by atoms with Crippen molar-refractivity contribution >= 4 is 5.82 Å². The highest BCUT2D eigenvalue weighted by atomic mass is 15.2. The number of aromatic nitrogens is 1. The molecule has 2 rings (SSSR count). The van der Waals surface area contributed by atoms with E-state index in [1.807, 2.05) is 13.1 Å².